The van der Waals surface area contributed by atoms with E-state index in [0.717, 1.165) is 37.0 Å². The van der Waals surface area contributed by atoms with Crippen molar-refractivity contribution in [2.75, 3.05) is 6.54 Å². The Morgan fingerprint density at radius 2 is 2.07 bits per heavy atom. The summed E-state index contributed by atoms with van der Waals surface area (Å²) in [5.74, 6) is 1.75. The number of tetrazole rings is 1. The minimum Gasteiger partial charge on any atom is -0.360 e. The second-order valence-electron chi connectivity index (χ2n) is 7.09. The molecule has 1 aliphatic heterocycles. The molecule has 1 saturated heterocycles. The van der Waals surface area contributed by atoms with Crippen LogP contribution in [0.2, 0.25) is 0 Å². The highest BCUT2D eigenvalue weighted by Crippen LogP contribution is 2.40. The number of pyridine rings is 1. The van der Waals surface area contributed by atoms with E-state index >= 15 is 0 Å². The van der Waals surface area contributed by atoms with E-state index in [2.05, 4.69) is 25.6 Å². The van der Waals surface area contributed by atoms with Crippen molar-refractivity contribution in [2.24, 2.45) is 0 Å². The predicted molar refractivity (Wildman–Crippen MR) is 93.6 cm³/mol. The standard InChI is InChI=1S/C18H19N7O2/c26-18(15-10-16(27-22-15)12-3-4-12)24-9-1-2-14(24)11-25-21-17(20-23-25)13-5-7-19-8-6-13/h5-8,10,12,14H,1-4,9,11H2/t14-/m0/s1. The third-order valence-corrected chi connectivity index (χ3v) is 5.13. The fourth-order valence-electron chi connectivity index (χ4n) is 3.52. The summed E-state index contributed by atoms with van der Waals surface area (Å²) in [5, 5.41) is 16.7. The quantitative estimate of drug-likeness (QED) is 0.680. The van der Waals surface area contributed by atoms with Gasteiger partial charge in [0.2, 0.25) is 5.82 Å². The zero-order chi connectivity index (χ0) is 18.2. The lowest BCUT2D eigenvalue weighted by Gasteiger charge is -2.22. The van der Waals surface area contributed by atoms with Gasteiger partial charge in [0, 0.05) is 36.5 Å². The fraction of sp³-hybridized carbons (Fsp3) is 0.444. The zero-order valence-electron chi connectivity index (χ0n) is 14.7. The maximum atomic E-state index is 12.9. The van der Waals surface area contributed by atoms with Crippen LogP contribution < -0.4 is 0 Å². The molecule has 2 fully saturated rings. The first-order valence-electron chi connectivity index (χ1n) is 9.24. The molecule has 1 saturated carbocycles. The molecule has 0 radical (unpaired) electrons. The largest absolute Gasteiger partial charge is 0.360 e. The first kappa shape index (κ1) is 16.1. The van der Waals surface area contributed by atoms with Crippen LogP contribution in [0, 0.1) is 0 Å². The Bertz CT molecular complexity index is 948. The highest BCUT2D eigenvalue weighted by atomic mass is 16.5. The van der Waals surface area contributed by atoms with Crippen molar-refractivity contribution < 1.29 is 9.32 Å². The highest BCUT2D eigenvalue weighted by molar-refractivity contribution is 5.92. The summed E-state index contributed by atoms with van der Waals surface area (Å²) in [6.07, 6.45) is 7.49. The number of amides is 1. The fourth-order valence-corrected chi connectivity index (χ4v) is 3.52. The molecule has 0 unspecified atom stereocenters. The van der Waals surface area contributed by atoms with E-state index in [4.69, 9.17) is 4.52 Å². The smallest absolute Gasteiger partial charge is 0.276 e. The molecule has 1 aliphatic carbocycles. The van der Waals surface area contributed by atoms with Gasteiger partial charge in [-0.15, -0.1) is 10.2 Å². The molecule has 27 heavy (non-hydrogen) atoms. The van der Waals surface area contributed by atoms with Crippen LogP contribution in [0.15, 0.2) is 35.1 Å². The summed E-state index contributed by atoms with van der Waals surface area (Å²) in [6, 6.07) is 5.51. The van der Waals surface area contributed by atoms with Crippen molar-refractivity contribution in [1.29, 1.82) is 0 Å². The second kappa shape index (κ2) is 6.57. The number of carbonyl (C=O) groups is 1. The van der Waals surface area contributed by atoms with E-state index in [0.29, 0.717) is 30.5 Å². The van der Waals surface area contributed by atoms with E-state index in [1.54, 1.807) is 23.3 Å². The van der Waals surface area contributed by atoms with Gasteiger partial charge in [0.25, 0.3) is 5.91 Å². The third-order valence-electron chi connectivity index (χ3n) is 5.13. The summed E-state index contributed by atoms with van der Waals surface area (Å²) in [6.45, 7) is 1.22. The van der Waals surface area contributed by atoms with Crippen LogP contribution in [0.4, 0.5) is 0 Å². The van der Waals surface area contributed by atoms with E-state index in [1.807, 2.05) is 17.0 Å². The SMILES string of the molecule is O=C(c1cc(C2CC2)on1)N1CCC[C@H]1Cn1nnc(-c2ccncc2)n1. The van der Waals surface area contributed by atoms with Gasteiger partial charge in [-0.05, 0) is 43.0 Å². The first-order chi connectivity index (χ1) is 13.3. The lowest BCUT2D eigenvalue weighted by molar-refractivity contribution is 0.0707. The molecular formula is C18H19N7O2. The highest BCUT2D eigenvalue weighted by Gasteiger charge is 2.34. The summed E-state index contributed by atoms with van der Waals surface area (Å²) in [7, 11) is 0. The topological polar surface area (TPSA) is 103 Å². The molecule has 0 N–H and O–H groups in total. The molecule has 5 rings (SSSR count). The van der Waals surface area contributed by atoms with E-state index in [9.17, 15) is 4.79 Å². The number of rotatable bonds is 5. The number of carbonyl (C=O) groups excluding carboxylic acids is 1. The van der Waals surface area contributed by atoms with Crippen molar-refractivity contribution in [3.8, 4) is 11.4 Å². The maximum Gasteiger partial charge on any atom is 0.276 e. The van der Waals surface area contributed by atoms with Crippen LogP contribution >= 0.6 is 0 Å². The minimum atomic E-state index is -0.0809. The number of likely N-dealkylation sites (tertiary alicyclic amines) is 1. The van der Waals surface area contributed by atoms with Crippen LogP contribution in [0.5, 0.6) is 0 Å². The van der Waals surface area contributed by atoms with Gasteiger partial charge in [-0.25, -0.2) is 0 Å². The monoisotopic (exact) mass is 365 g/mol. The first-order valence-corrected chi connectivity index (χ1v) is 9.24. The second-order valence-corrected chi connectivity index (χ2v) is 7.09. The lowest BCUT2D eigenvalue weighted by Crippen LogP contribution is -2.38. The molecule has 4 heterocycles. The number of hydrogen-bond donors (Lipinski definition) is 0. The van der Waals surface area contributed by atoms with Gasteiger partial charge in [0.05, 0.1) is 12.6 Å². The van der Waals surface area contributed by atoms with E-state index in [-0.39, 0.29) is 11.9 Å². The Morgan fingerprint density at radius 3 is 2.89 bits per heavy atom. The third kappa shape index (κ3) is 3.20. The van der Waals surface area contributed by atoms with Crippen molar-refractivity contribution in [3.63, 3.8) is 0 Å². The Kier molecular flexibility index (Phi) is 3.92. The van der Waals surface area contributed by atoms with Crippen molar-refractivity contribution in [1.82, 2.24) is 35.2 Å². The average molecular weight is 365 g/mol. The maximum absolute atomic E-state index is 12.9. The van der Waals surface area contributed by atoms with Gasteiger partial charge in [-0.3, -0.25) is 9.78 Å². The normalized spacial score (nSPS) is 19.6. The number of hydrogen-bond acceptors (Lipinski definition) is 7. The Hall–Kier alpha value is -3.10. The van der Waals surface area contributed by atoms with Crippen LogP contribution in [0.1, 0.15) is 47.8 Å². The molecule has 138 valence electrons. The van der Waals surface area contributed by atoms with Crippen molar-refractivity contribution in [3.05, 3.63) is 42.0 Å². The van der Waals surface area contributed by atoms with Crippen LogP contribution in [0.3, 0.4) is 0 Å². The molecule has 9 heteroatoms. The Balaban J connectivity index is 1.29. The van der Waals surface area contributed by atoms with Crippen LogP contribution in [-0.2, 0) is 6.54 Å². The van der Waals surface area contributed by atoms with Crippen molar-refractivity contribution >= 4 is 5.91 Å². The molecule has 0 spiro atoms. The zero-order valence-corrected chi connectivity index (χ0v) is 14.7. The van der Waals surface area contributed by atoms with Crippen LogP contribution in [-0.4, -0.2) is 53.7 Å². The molecule has 1 atom stereocenters. The molecule has 3 aromatic heterocycles. The average Bonchev–Trinajstić information content (AvgIpc) is 3.12. The summed E-state index contributed by atoms with van der Waals surface area (Å²) in [4.78, 5) is 20.3. The summed E-state index contributed by atoms with van der Waals surface area (Å²) >= 11 is 0. The molecule has 9 nitrogen and oxygen atoms in total. The number of aromatic nitrogens is 6. The van der Waals surface area contributed by atoms with Gasteiger partial charge >= 0.3 is 0 Å². The molecule has 0 aromatic carbocycles. The Morgan fingerprint density at radius 1 is 1.22 bits per heavy atom. The van der Waals surface area contributed by atoms with Crippen molar-refractivity contribution in [2.45, 2.75) is 44.2 Å². The molecule has 2 aliphatic rings. The molecule has 3 aromatic rings. The molecular weight excluding hydrogens is 346 g/mol. The Labute approximate surface area is 155 Å². The van der Waals surface area contributed by atoms with Gasteiger partial charge in [-0.2, -0.15) is 4.80 Å². The minimum absolute atomic E-state index is 0.0260. The molecule has 0 bridgehead atoms. The molecule has 1 amide bonds. The summed E-state index contributed by atoms with van der Waals surface area (Å²) < 4.78 is 5.33. The van der Waals surface area contributed by atoms with Gasteiger partial charge < -0.3 is 9.42 Å². The van der Waals surface area contributed by atoms with Gasteiger partial charge in [0.1, 0.15) is 5.76 Å². The lowest BCUT2D eigenvalue weighted by atomic mass is 10.2. The van der Waals surface area contributed by atoms with E-state index < -0.39 is 0 Å². The van der Waals surface area contributed by atoms with Gasteiger partial charge in [0.15, 0.2) is 5.69 Å². The number of nitrogens with zero attached hydrogens (tertiary/aromatic N) is 7. The van der Waals surface area contributed by atoms with Crippen LogP contribution in [0.25, 0.3) is 11.4 Å². The van der Waals surface area contributed by atoms with Gasteiger partial charge in [-0.1, -0.05) is 5.16 Å². The summed E-state index contributed by atoms with van der Waals surface area (Å²) in [5.41, 5.74) is 1.26. The predicted octanol–water partition coefficient (Wildman–Crippen LogP) is 1.91. The van der Waals surface area contributed by atoms with E-state index in [1.165, 1.54) is 0 Å².